The minimum atomic E-state index is -1.86. The summed E-state index contributed by atoms with van der Waals surface area (Å²) in [5.74, 6) is 7.31. The van der Waals surface area contributed by atoms with Gasteiger partial charge < -0.3 is 0 Å². The minimum absolute atomic E-state index is 1.01. The number of fused-ring (bicyclic) bond motifs is 3. The van der Waals surface area contributed by atoms with E-state index in [0.717, 1.165) is 27.9 Å². The highest BCUT2D eigenvalue weighted by atomic mass is 32.3. The van der Waals surface area contributed by atoms with Crippen molar-refractivity contribution in [3.8, 4) is 11.8 Å². The summed E-state index contributed by atoms with van der Waals surface area (Å²) >= 11 is 0. The van der Waals surface area contributed by atoms with E-state index in [4.69, 9.17) is 0 Å². The molecule has 0 saturated carbocycles. The first-order valence-electron chi connectivity index (χ1n) is 15.3. The van der Waals surface area contributed by atoms with Crippen LogP contribution in [0.15, 0.2) is 168 Å². The molecule has 0 N–H and O–H groups in total. The summed E-state index contributed by atoms with van der Waals surface area (Å²) in [7, 11) is -1.86. The molecule has 0 amide bonds. The molecule has 0 aromatic heterocycles. The molecule has 0 unspecified atom stereocenters. The van der Waals surface area contributed by atoms with Gasteiger partial charge in [-0.15, -0.1) is 10.2 Å². The molecule has 0 saturated heterocycles. The number of hydrogen-bond acceptors (Lipinski definition) is 1. The SMILES string of the molecule is Cc1ccc(C#Cc2c(N(c3ccc(C)cc3)S(C)(c3ccccc3)c3ccccc3)c3ccccc3c3ccccc23)cc1. The Kier molecular flexibility index (Phi) is 7.64. The van der Waals surface area contributed by atoms with E-state index >= 15 is 0 Å². The van der Waals surface area contributed by atoms with E-state index in [2.05, 4.69) is 194 Å². The van der Waals surface area contributed by atoms with Crippen molar-refractivity contribution in [1.82, 2.24) is 0 Å². The maximum atomic E-state index is 3.74. The second kappa shape index (κ2) is 12.0. The van der Waals surface area contributed by atoms with Crippen molar-refractivity contribution < 1.29 is 0 Å². The summed E-state index contributed by atoms with van der Waals surface area (Å²) in [6.07, 6.45) is 2.43. The van der Waals surface area contributed by atoms with Crippen LogP contribution < -0.4 is 4.31 Å². The Labute approximate surface area is 268 Å². The fourth-order valence-corrected chi connectivity index (χ4v) is 9.32. The average molecular weight is 598 g/mol. The highest BCUT2D eigenvalue weighted by molar-refractivity contribution is 8.34. The molecular formula is C43H35NS. The Balaban J connectivity index is 1.66. The molecule has 0 bridgehead atoms. The predicted molar refractivity (Wildman–Crippen MR) is 195 cm³/mol. The highest BCUT2D eigenvalue weighted by Gasteiger charge is 2.35. The van der Waals surface area contributed by atoms with Gasteiger partial charge in [0.25, 0.3) is 0 Å². The van der Waals surface area contributed by atoms with Gasteiger partial charge in [-0.2, -0.15) is 0 Å². The van der Waals surface area contributed by atoms with Crippen LogP contribution in [0.1, 0.15) is 22.3 Å². The van der Waals surface area contributed by atoms with Crippen molar-refractivity contribution in [2.75, 3.05) is 10.6 Å². The average Bonchev–Trinajstić information content (AvgIpc) is 3.10. The van der Waals surface area contributed by atoms with Gasteiger partial charge in [0.2, 0.25) is 0 Å². The first-order valence-corrected chi connectivity index (χ1v) is 17.3. The monoisotopic (exact) mass is 597 g/mol. The lowest BCUT2D eigenvalue weighted by Gasteiger charge is -2.49. The molecule has 0 aliphatic heterocycles. The van der Waals surface area contributed by atoms with Gasteiger partial charge in [0, 0.05) is 26.1 Å². The van der Waals surface area contributed by atoms with E-state index in [-0.39, 0.29) is 0 Å². The van der Waals surface area contributed by atoms with Crippen molar-refractivity contribution in [2.24, 2.45) is 0 Å². The maximum Gasteiger partial charge on any atom is 0.0756 e. The summed E-state index contributed by atoms with van der Waals surface area (Å²) in [6, 6.07) is 57.0. The quantitative estimate of drug-likeness (QED) is 0.141. The number of benzene rings is 7. The third-order valence-electron chi connectivity index (χ3n) is 8.53. The van der Waals surface area contributed by atoms with Crippen LogP contribution in [-0.4, -0.2) is 6.26 Å². The zero-order valence-electron chi connectivity index (χ0n) is 25.9. The first-order chi connectivity index (χ1) is 22.0. The van der Waals surface area contributed by atoms with Crippen molar-refractivity contribution in [2.45, 2.75) is 23.6 Å². The van der Waals surface area contributed by atoms with Gasteiger partial charge in [-0.25, -0.2) is 0 Å². The second-order valence-electron chi connectivity index (χ2n) is 11.6. The van der Waals surface area contributed by atoms with E-state index in [9.17, 15) is 0 Å². The van der Waals surface area contributed by atoms with Crippen LogP contribution in [0.5, 0.6) is 0 Å². The van der Waals surface area contributed by atoms with Crippen molar-refractivity contribution in [1.29, 1.82) is 0 Å². The van der Waals surface area contributed by atoms with Crippen molar-refractivity contribution in [3.05, 3.63) is 180 Å². The molecule has 7 aromatic rings. The maximum absolute atomic E-state index is 3.74. The zero-order chi connectivity index (χ0) is 30.8. The van der Waals surface area contributed by atoms with E-state index < -0.39 is 10.2 Å². The summed E-state index contributed by atoms with van der Waals surface area (Å²) < 4.78 is 2.62. The molecule has 1 nitrogen and oxygen atoms in total. The Morgan fingerprint density at radius 2 is 0.889 bits per heavy atom. The Morgan fingerprint density at radius 3 is 1.44 bits per heavy atom. The largest absolute Gasteiger partial charge is 0.293 e. The van der Waals surface area contributed by atoms with Crippen LogP contribution in [0.3, 0.4) is 0 Å². The lowest BCUT2D eigenvalue weighted by Crippen LogP contribution is -2.24. The molecule has 7 aromatic carbocycles. The van der Waals surface area contributed by atoms with Crippen LogP contribution in [0, 0.1) is 25.7 Å². The topological polar surface area (TPSA) is 3.24 Å². The van der Waals surface area contributed by atoms with Crippen molar-refractivity contribution >= 4 is 43.1 Å². The number of aryl methyl sites for hydroxylation is 2. The lowest BCUT2D eigenvalue weighted by molar-refractivity contribution is 1.29. The molecule has 0 spiro atoms. The summed E-state index contributed by atoms with van der Waals surface area (Å²) in [4.78, 5) is 2.57. The van der Waals surface area contributed by atoms with E-state index in [1.807, 2.05) is 0 Å². The van der Waals surface area contributed by atoms with E-state index in [0.29, 0.717) is 0 Å². The van der Waals surface area contributed by atoms with Crippen LogP contribution in [-0.2, 0) is 0 Å². The molecule has 0 fully saturated rings. The van der Waals surface area contributed by atoms with Gasteiger partial charge in [0.1, 0.15) is 0 Å². The number of nitrogens with zero attached hydrogens (tertiary/aromatic N) is 1. The predicted octanol–water partition coefficient (Wildman–Crippen LogP) is 11.6. The van der Waals surface area contributed by atoms with Gasteiger partial charge in [0.15, 0.2) is 0 Å². The van der Waals surface area contributed by atoms with Gasteiger partial charge >= 0.3 is 0 Å². The van der Waals surface area contributed by atoms with E-state index in [1.54, 1.807) is 0 Å². The zero-order valence-corrected chi connectivity index (χ0v) is 26.7. The molecule has 218 valence electrons. The third kappa shape index (κ3) is 5.27. The van der Waals surface area contributed by atoms with Gasteiger partial charge in [-0.3, -0.25) is 4.31 Å². The summed E-state index contributed by atoms with van der Waals surface area (Å²) in [5, 5.41) is 4.79. The summed E-state index contributed by atoms with van der Waals surface area (Å²) in [6.45, 7) is 4.26. The van der Waals surface area contributed by atoms with Gasteiger partial charge in [0.05, 0.1) is 16.9 Å². The van der Waals surface area contributed by atoms with E-state index in [1.165, 1.54) is 37.1 Å². The molecule has 0 aliphatic rings. The molecule has 2 heteroatoms. The van der Waals surface area contributed by atoms with Crippen LogP contribution >= 0.6 is 10.2 Å². The number of rotatable bonds is 5. The Morgan fingerprint density at radius 1 is 0.444 bits per heavy atom. The molecule has 0 aliphatic carbocycles. The van der Waals surface area contributed by atoms with Gasteiger partial charge in [-0.05, 0) is 79.4 Å². The third-order valence-corrected chi connectivity index (χ3v) is 12.0. The Bertz CT molecular complexity index is 2130. The lowest BCUT2D eigenvalue weighted by atomic mass is 9.94. The molecule has 0 atom stereocenters. The molecule has 0 heterocycles. The van der Waals surface area contributed by atoms with Crippen molar-refractivity contribution in [3.63, 3.8) is 0 Å². The fourth-order valence-electron chi connectivity index (χ4n) is 6.15. The standard InChI is InChI=1S/C43H35NS/c1-32-22-26-34(27-23-32)28-31-42-40-20-11-10-18-38(40)39-19-12-13-21-41(39)43(42)44(35-29-24-33(2)25-30-35)45(3,36-14-6-4-7-15-36)37-16-8-5-9-17-37/h4-27,29-30H,1-3H3. The smallest absolute Gasteiger partial charge is 0.0756 e. The molecular weight excluding hydrogens is 563 g/mol. The highest BCUT2D eigenvalue weighted by Crippen LogP contribution is 2.67. The fraction of sp³-hybridized carbons (Fsp3) is 0.0698. The number of anilines is 2. The molecule has 7 rings (SSSR count). The Hall–Kier alpha value is -5.23. The second-order valence-corrected chi connectivity index (χ2v) is 14.6. The summed E-state index contributed by atoms with van der Waals surface area (Å²) in [5.41, 5.74) is 6.79. The normalized spacial score (nSPS) is 11.6. The van der Waals surface area contributed by atoms with Gasteiger partial charge in [-0.1, -0.05) is 132 Å². The van der Waals surface area contributed by atoms with Crippen LogP contribution in [0.25, 0.3) is 21.5 Å². The first kappa shape index (κ1) is 28.5. The molecule has 0 radical (unpaired) electrons. The number of hydrogen-bond donors (Lipinski definition) is 0. The van der Waals surface area contributed by atoms with Crippen LogP contribution in [0.4, 0.5) is 11.4 Å². The van der Waals surface area contributed by atoms with Crippen LogP contribution in [0.2, 0.25) is 0 Å². The molecule has 45 heavy (non-hydrogen) atoms. The minimum Gasteiger partial charge on any atom is -0.293 e.